The first kappa shape index (κ1) is 11.7. The predicted octanol–water partition coefficient (Wildman–Crippen LogP) is -0.839. The minimum Gasteiger partial charge on any atom is -0.394 e. The minimum absolute atomic E-state index is 0.0186. The molecule has 1 unspecified atom stereocenters. The van der Waals surface area contributed by atoms with Crippen molar-refractivity contribution >= 4 is 17.7 Å². The van der Waals surface area contributed by atoms with Crippen molar-refractivity contribution in [1.29, 1.82) is 0 Å². The molecule has 0 saturated heterocycles. The Labute approximate surface area is 76.6 Å². The number of aliphatic hydroxyl groups excluding tert-OH is 2. The zero-order valence-electron chi connectivity index (χ0n) is 7.36. The van der Waals surface area contributed by atoms with Crippen molar-refractivity contribution in [2.45, 2.75) is 6.10 Å². The fraction of sp³-hybridized carbons (Fsp3) is 0.857. The molecule has 1 amide bonds. The SMILES string of the molecule is CN(C)C(=O)CSCC(O)CO. The van der Waals surface area contributed by atoms with Gasteiger partial charge in [0, 0.05) is 19.8 Å². The maximum Gasteiger partial charge on any atom is 0.232 e. The van der Waals surface area contributed by atoms with Gasteiger partial charge in [0.2, 0.25) is 5.91 Å². The Morgan fingerprint density at radius 3 is 2.58 bits per heavy atom. The molecular formula is C7H15NO3S. The first-order valence-corrected chi connectivity index (χ1v) is 4.80. The molecule has 0 fully saturated rings. The van der Waals surface area contributed by atoms with Crippen molar-refractivity contribution in [2.75, 3.05) is 32.2 Å². The normalized spacial score (nSPS) is 12.7. The lowest BCUT2D eigenvalue weighted by atomic mass is 10.4. The highest BCUT2D eigenvalue weighted by atomic mass is 32.2. The fourth-order valence-electron chi connectivity index (χ4n) is 0.464. The predicted molar refractivity (Wildman–Crippen MR) is 49.1 cm³/mol. The Balaban J connectivity index is 3.37. The number of nitrogens with zero attached hydrogens (tertiary/aromatic N) is 1. The molecule has 0 aromatic carbocycles. The summed E-state index contributed by atoms with van der Waals surface area (Å²) in [6.45, 7) is -0.247. The zero-order chi connectivity index (χ0) is 9.56. The molecule has 2 N–H and O–H groups in total. The lowest BCUT2D eigenvalue weighted by Gasteiger charge is -2.10. The highest BCUT2D eigenvalue weighted by Gasteiger charge is 2.06. The Morgan fingerprint density at radius 1 is 1.58 bits per heavy atom. The van der Waals surface area contributed by atoms with E-state index in [2.05, 4.69) is 0 Å². The largest absolute Gasteiger partial charge is 0.394 e. The third kappa shape index (κ3) is 5.40. The van der Waals surface area contributed by atoms with Gasteiger partial charge in [0.15, 0.2) is 0 Å². The first-order chi connectivity index (χ1) is 5.57. The number of hydrogen-bond acceptors (Lipinski definition) is 4. The summed E-state index contributed by atoms with van der Waals surface area (Å²) in [4.78, 5) is 12.5. The van der Waals surface area contributed by atoms with E-state index in [0.29, 0.717) is 11.5 Å². The van der Waals surface area contributed by atoms with Crippen LogP contribution in [0.3, 0.4) is 0 Å². The summed E-state index contributed by atoms with van der Waals surface area (Å²) in [6.07, 6.45) is -0.718. The molecule has 0 saturated carbocycles. The molecule has 0 spiro atoms. The van der Waals surface area contributed by atoms with E-state index in [1.54, 1.807) is 14.1 Å². The molecule has 4 nitrogen and oxygen atoms in total. The second kappa shape index (κ2) is 6.28. The van der Waals surface area contributed by atoms with Crippen LogP contribution in [0.1, 0.15) is 0 Å². The van der Waals surface area contributed by atoms with E-state index in [-0.39, 0.29) is 12.5 Å². The second-order valence-electron chi connectivity index (χ2n) is 2.64. The molecule has 0 aromatic heterocycles. The number of carbonyl (C=O) groups excluding carboxylic acids is 1. The van der Waals surface area contributed by atoms with Gasteiger partial charge < -0.3 is 15.1 Å². The quantitative estimate of drug-likeness (QED) is 0.598. The average Bonchev–Trinajstić information content (AvgIpc) is 2.03. The lowest BCUT2D eigenvalue weighted by molar-refractivity contribution is -0.125. The summed E-state index contributed by atoms with van der Waals surface area (Å²) >= 11 is 1.32. The van der Waals surface area contributed by atoms with E-state index in [0.717, 1.165) is 0 Å². The summed E-state index contributed by atoms with van der Waals surface area (Å²) in [5.41, 5.74) is 0. The number of amides is 1. The van der Waals surface area contributed by atoms with Crippen LogP contribution in [-0.2, 0) is 4.79 Å². The monoisotopic (exact) mass is 193 g/mol. The van der Waals surface area contributed by atoms with E-state index in [4.69, 9.17) is 10.2 Å². The standard InChI is InChI=1S/C7H15NO3S/c1-8(2)7(11)5-12-4-6(10)3-9/h6,9-10H,3-5H2,1-2H3. The van der Waals surface area contributed by atoms with Gasteiger partial charge in [-0.25, -0.2) is 0 Å². The van der Waals surface area contributed by atoms with Crippen molar-refractivity contribution in [2.24, 2.45) is 0 Å². The number of hydrogen-bond donors (Lipinski definition) is 2. The van der Waals surface area contributed by atoms with Crippen LogP contribution in [-0.4, -0.2) is 59.3 Å². The van der Waals surface area contributed by atoms with Gasteiger partial charge in [0.25, 0.3) is 0 Å². The van der Waals surface area contributed by atoms with Crippen LogP contribution < -0.4 is 0 Å². The van der Waals surface area contributed by atoms with Crippen LogP contribution in [0.25, 0.3) is 0 Å². The molecule has 72 valence electrons. The third-order valence-electron chi connectivity index (χ3n) is 1.25. The minimum atomic E-state index is -0.718. The molecule has 0 aliphatic carbocycles. The molecule has 0 aliphatic rings. The van der Waals surface area contributed by atoms with Gasteiger partial charge >= 0.3 is 0 Å². The summed E-state index contributed by atoms with van der Waals surface area (Å²) in [6, 6.07) is 0. The van der Waals surface area contributed by atoms with Gasteiger partial charge in [-0.3, -0.25) is 4.79 Å². The Morgan fingerprint density at radius 2 is 2.17 bits per heavy atom. The molecule has 12 heavy (non-hydrogen) atoms. The number of rotatable bonds is 5. The molecule has 0 aromatic rings. The van der Waals surface area contributed by atoms with E-state index in [1.807, 2.05) is 0 Å². The van der Waals surface area contributed by atoms with E-state index in [1.165, 1.54) is 16.7 Å². The molecule has 0 rings (SSSR count). The topological polar surface area (TPSA) is 60.8 Å². The van der Waals surface area contributed by atoms with Gasteiger partial charge in [-0.15, -0.1) is 11.8 Å². The summed E-state index contributed by atoms with van der Waals surface area (Å²) in [7, 11) is 3.37. The fourth-order valence-corrected chi connectivity index (χ4v) is 1.39. The highest BCUT2D eigenvalue weighted by molar-refractivity contribution is 7.99. The maximum absolute atomic E-state index is 11.0. The van der Waals surface area contributed by atoms with Crippen LogP contribution in [0, 0.1) is 0 Å². The number of aliphatic hydroxyl groups is 2. The van der Waals surface area contributed by atoms with Crippen LogP contribution in [0.2, 0.25) is 0 Å². The third-order valence-corrected chi connectivity index (χ3v) is 2.32. The van der Waals surface area contributed by atoms with E-state index >= 15 is 0 Å². The summed E-state index contributed by atoms with van der Waals surface area (Å²) < 4.78 is 0. The molecule has 5 heteroatoms. The van der Waals surface area contributed by atoms with Gasteiger partial charge in [-0.1, -0.05) is 0 Å². The number of carbonyl (C=O) groups is 1. The van der Waals surface area contributed by atoms with Crippen LogP contribution in [0.5, 0.6) is 0 Å². The second-order valence-corrected chi connectivity index (χ2v) is 3.67. The van der Waals surface area contributed by atoms with Crippen LogP contribution in [0.4, 0.5) is 0 Å². The molecular weight excluding hydrogens is 178 g/mol. The van der Waals surface area contributed by atoms with Gasteiger partial charge in [0.05, 0.1) is 18.5 Å². The Hall–Kier alpha value is -0.260. The van der Waals surface area contributed by atoms with Crippen LogP contribution in [0.15, 0.2) is 0 Å². The van der Waals surface area contributed by atoms with Gasteiger partial charge in [-0.2, -0.15) is 0 Å². The Kier molecular flexibility index (Phi) is 6.14. The molecule has 0 bridgehead atoms. The van der Waals surface area contributed by atoms with Crippen LogP contribution >= 0.6 is 11.8 Å². The average molecular weight is 193 g/mol. The van der Waals surface area contributed by atoms with Crippen molar-refractivity contribution < 1.29 is 15.0 Å². The van der Waals surface area contributed by atoms with Gasteiger partial charge in [-0.05, 0) is 0 Å². The molecule has 0 radical (unpaired) electrons. The smallest absolute Gasteiger partial charge is 0.232 e. The van der Waals surface area contributed by atoms with Gasteiger partial charge in [0.1, 0.15) is 0 Å². The van der Waals surface area contributed by atoms with Crippen molar-refractivity contribution in [3.63, 3.8) is 0 Å². The molecule has 0 aliphatic heterocycles. The van der Waals surface area contributed by atoms with Crippen molar-refractivity contribution in [3.8, 4) is 0 Å². The summed E-state index contributed by atoms with van der Waals surface area (Å²) in [5, 5.41) is 17.4. The summed E-state index contributed by atoms with van der Waals surface area (Å²) in [5.74, 6) is 0.769. The van der Waals surface area contributed by atoms with Crippen molar-refractivity contribution in [3.05, 3.63) is 0 Å². The lowest BCUT2D eigenvalue weighted by Crippen LogP contribution is -2.25. The van der Waals surface area contributed by atoms with Crippen molar-refractivity contribution in [1.82, 2.24) is 4.90 Å². The molecule has 0 heterocycles. The zero-order valence-corrected chi connectivity index (χ0v) is 8.17. The molecule has 1 atom stereocenters. The van der Waals surface area contributed by atoms with E-state index < -0.39 is 6.10 Å². The first-order valence-electron chi connectivity index (χ1n) is 3.64. The maximum atomic E-state index is 11.0. The number of thioether (sulfide) groups is 1. The highest BCUT2D eigenvalue weighted by Crippen LogP contribution is 2.03. The Bertz CT molecular complexity index is 141. The van der Waals surface area contributed by atoms with E-state index in [9.17, 15) is 4.79 Å².